The van der Waals surface area contributed by atoms with E-state index in [0.717, 1.165) is 5.33 Å². The van der Waals surface area contributed by atoms with Crippen LogP contribution in [0.15, 0.2) is 24.3 Å². The number of benzene rings is 1. The molecule has 1 aromatic heterocycles. The van der Waals surface area contributed by atoms with Crippen LogP contribution >= 0.6 is 27.3 Å². The summed E-state index contributed by atoms with van der Waals surface area (Å²) in [6.45, 7) is 6.80. The fourth-order valence-electron chi connectivity index (χ4n) is 1.55. The Kier molecular flexibility index (Phi) is 5.27. The van der Waals surface area contributed by atoms with Crippen LogP contribution in [-0.4, -0.2) is 6.15 Å². The molecule has 0 aliphatic heterocycles. The highest BCUT2D eigenvalue weighted by molar-refractivity contribution is 9.08. The zero-order valence-corrected chi connectivity index (χ0v) is 13.0. The van der Waals surface area contributed by atoms with Gasteiger partial charge in [-0.05, 0) is 34.6 Å². The van der Waals surface area contributed by atoms with E-state index in [1.54, 1.807) is 0 Å². The highest BCUT2D eigenvalue weighted by atomic mass is 79.9. The summed E-state index contributed by atoms with van der Waals surface area (Å²) < 4.78 is 1.39. The van der Waals surface area contributed by atoms with Crippen LogP contribution in [0.5, 0.6) is 0 Å². The van der Waals surface area contributed by atoms with E-state index in [9.17, 15) is 0 Å². The van der Waals surface area contributed by atoms with Crippen molar-refractivity contribution < 1.29 is 9.59 Å². The average molecular weight is 327 g/mol. The maximum atomic E-state index is 8.12. The summed E-state index contributed by atoms with van der Waals surface area (Å²) in [6, 6.07) is 9.02. The number of hydrogen-bond acceptors (Lipinski definition) is 3. The number of rotatable bonds is 1. The molecule has 96 valence electrons. The second kappa shape index (κ2) is 6.28. The van der Waals surface area contributed by atoms with E-state index in [1.165, 1.54) is 20.5 Å². The molecule has 0 saturated carbocycles. The third-order valence-electron chi connectivity index (χ3n) is 2.47. The molecule has 0 aliphatic rings. The molecule has 1 aromatic carbocycles. The van der Waals surface area contributed by atoms with E-state index < -0.39 is 0 Å². The first kappa shape index (κ1) is 15.1. The lowest BCUT2D eigenvalue weighted by Crippen LogP contribution is -2.07. The largest absolute Gasteiger partial charge is 0.373 e. The number of alkyl halides is 1. The molecule has 0 atom stereocenters. The first-order chi connectivity index (χ1) is 8.42. The van der Waals surface area contributed by atoms with Gasteiger partial charge >= 0.3 is 6.15 Å². The van der Waals surface area contributed by atoms with Crippen LogP contribution in [0.25, 0.3) is 10.1 Å². The molecule has 0 fully saturated rings. The van der Waals surface area contributed by atoms with Crippen LogP contribution in [0.2, 0.25) is 0 Å². The van der Waals surface area contributed by atoms with Crippen molar-refractivity contribution in [2.75, 3.05) is 0 Å². The molecule has 0 radical (unpaired) electrons. The van der Waals surface area contributed by atoms with Crippen molar-refractivity contribution in [2.45, 2.75) is 31.5 Å². The zero-order chi connectivity index (χ0) is 13.8. The molecule has 2 rings (SSSR count). The molecular weight excluding hydrogens is 312 g/mol. The van der Waals surface area contributed by atoms with Crippen LogP contribution < -0.4 is 0 Å². The van der Waals surface area contributed by atoms with Crippen molar-refractivity contribution in [1.29, 1.82) is 0 Å². The number of thiophene rings is 1. The van der Waals surface area contributed by atoms with E-state index in [1.807, 2.05) is 11.3 Å². The molecule has 0 bridgehead atoms. The van der Waals surface area contributed by atoms with E-state index in [0.29, 0.717) is 0 Å². The normalized spacial score (nSPS) is 10.7. The molecule has 0 unspecified atom stereocenters. The van der Waals surface area contributed by atoms with Crippen molar-refractivity contribution in [2.24, 2.45) is 0 Å². The lowest BCUT2D eigenvalue weighted by Gasteiger charge is -2.14. The Labute approximate surface area is 119 Å². The fraction of sp³-hybridized carbons (Fsp3) is 0.357. The highest BCUT2D eigenvalue weighted by Crippen LogP contribution is 2.34. The SMILES string of the molecule is CC(C)(C)c1cc2cc(CBr)ccc2s1.O=C=O. The predicted octanol–water partition coefficient (Wildman–Crippen LogP) is 4.51. The number of fused-ring (bicyclic) bond motifs is 1. The minimum Gasteiger partial charge on any atom is -0.186 e. The molecule has 4 heteroatoms. The van der Waals surface area contributed by atoms with Gasteiger partial charge < -0.3 is 0 Å². The summed E-state index contributed by atoms with van der Waals surface area (Å²) in [6.07, 6.45) is 0.250. The third kappa shape index (κ3) is 3.77. The predicted molar refractivity (Wildman–Crippen MR) is 78.2 cm³/mol. The molecular formula is C14H15BrO2S. The van der Waals surface area contributed by atoms with Gasteiger partial charge in [0, 0.05) is 14.9 Å². The Morgan fingerprint density at radius 3 is 2.33 bits per heavy atom. The van der Waals surface area contributed by atoms with Crippen LogP contribution in [0.4, 0.5) is 0 Å². The van der Waals surface area contributed by atoms with Gasteiger partial charge in [-0.15, -0.1) is 11.3 Å². The summed E-state index contributed by atoms with van der Waals surface area (Å²) >= 11 is 5.40. The summed E-state index contributed by atoms with van der Waals surface area (Å²) in [5.74, 6) is 0. The van der Waals surface area contributed by atoms with E-state index in [2.05, 4.69) is 61.0 Å². The van der Waals surface area contributed by atoms with Crippen LogP contribution in [0.1, 0.15) is 31.2 Å². The fourth-order valence-corrected chi connectivity index (χ4v) is 3.00. The molecule has 2 aromatic rings. The Morgan fingerprint density at radius 2 is 1.83 bits per heavy atom. The quantitative estimate of drug-likeness (QED) is 0.722. The van der Waals surface area contributed by atoms with Crippen molar-refractivity contribution in [3.63, 3.8) is 0 Å². The average Bonchev–Trinajstić information content (AvgIpc) is 2.72. The zero-order valence-electron chi connectivity index (χ0n) is 10.6. The molecule has 2 nitrogen and oxygen atoms in total. The number of halogens is 1. The molecule has 0 spiro atoms. The summed E-state index contributed by atoms with van der Waals surface area (Å²) in [5.41, 5.74) is 1.61. The summed E-state index contributed by atoms with van der Waals surface area (Å²) in [4.78, 5) is 17.7. The number of carbonyl (C=O) groups excluding carboxylic acids is 2. The van der Waals surface area contributed by atoms with E-state index in [-0.39, 0.29) is 11.6 Å². The smallest absolute Gasteiger partial charge is 0.186 e. The Bertz CT molecular complexity index is 561. The van der Waals surface area contributed by atoms with Crippen LogP contribution in [-0.2, 0) is 20.3 Å². The van der Waals surface area contributed by atoms with Gasteiger partial charge in [-0.25, -0.2) is 0 Å². The van der Waals surface area contributed by atoms with Gasteiger partial charge in [0.25, 0.3) is 0 Å². The van der Waals surface area contributed by atoms with Gasteiger partial charge in [0.1, 0.15) is 0 Å². The standard InChI is InChI=1S/C13H15BrS.CO2/c1-13(2,3)12-7-10-6-9(8-14)4-5-11(10)15-12;2-1-3/h4-7H,8H2,1-3H3;. The van der Waals surface area contributed by atoms with Crippen molar-refractivity contribution in [3.8, 4) is 0 Å². The van der Waals surface area contributed by atoms with Gasteiger partial charge in [-0.2, -0.15) is 9.59 Å². The molecule has 18 heavy (non-hydrogen) atoms. The molecule has 1 heterocycles. The van der Waals surface area contributed by atoms with Crippen LogP contribution in [0, 0.1) is 0 Å². The van der Waals surface area contributed by atoms with Gasteiger partial charge in [0.05, 0.1) is 0 Å². The third-order valence-corrected chi connectivity index (χ3v) is 4.66. The second-order valence-electron chi connectivity index (χ2n) is 4.95. The monoisotopic (exact) mass is 326 g/mol. The first-order valence-corrected chi connectivity index (χ1v) is 7.44. The number of hydrogen-bond donors (Lipinski definition) is 0. The second-order valence-corrected chi connectivity index (χ2v) is 6.59. The van der Waals surface area contributed by atoms with E-state index >= 15 is 0 Å². The minimum atomic E-state index is 0.250. The van der Waals surface area contributed by atoms with Gasteiger partial charge in [0.2, 0.25) is 0 Å². The summed E-state index contributed by atoms with van der Waals surface area (Å²) in [5, 5.41) is 2.31. The topological polar surface area (TPSA) is 34.1 Å². The highest BCUT2D eigenvalue weighted by Gasteiger charge is 2.16. The maximum Gasteiger partial charge on any atom is 0.373 e. The lowest BCUT2D eigenvalue weighted by molar-refractivity contribution is -0.191. The molecule has 0 amide bonds. The van der Waals surface area contributed by atoms with Gasteiger partial charge in [0.15, 0.2) is 0 Å². The van der Waals surface area contributed by atoms with Crippen molar-refractivity contribution in [3.05, 3.63) is 34.7 Å². The van der Waals surface area contributed by atoms with Crippen LogP contribution in [0.3, 0.4) is 0 Å². The van der Waals surface area contributed by atoms with Crippen molar-refractivity contribution >= 4 is 43.5 Å². The Hall–Kier alpha value is -0.960. The molecule has 0 aliphatic carbocycles. The molecule has 0 N–H and O–H groups in total. The summed E-state index contributed by atoms with van der Waals surface area (Å²) in [7, 11) is 0. The minimum absolute atomic E-state index is 0.250. The van der Waals surface area contributed by atoms with Crippen molar-refractivity contribution in [1.82, 2.24) is 0 Å². The van der Waals surface area contributed by atoms with Gasteiger partial charge in [-0.3, -0.25) is 0 Å². The van der Waals surface area contributed by atoms with Gasteiger partial charge in [-0.1, -0.05) is 42.8 Å². The maximum absolute atomic E-state index is 8.12. The van der Waals surface area contributed by atoms with E-state index in [4.69, 9.17) is 9.59 Å². The Balaban J connectivity index is 0.000000492. The Morgan fingerprint density at radius 1 is 1.22 bits per heavy atom. The lowest BCUT2D eigenvalue weighted by atomic mass is 9.94. The molecule has 0 saturated heterocycles. The first-order valence-electron chi connectivity index (χ1n) is 5.50.